The first-order valence-electron chi connectivity index (χ1n) is 5.68. The van der Waals surface area contributed by atoms with Crippen molar-refractivity contribution in [3.8, 4) is 0 Å². The summed E-state index contributed by atoms with van der Waals surface area (Å²) in [5, 5.41) is 3.43. The summed E-state index contributed by atoms with van der Waals surface area (Å²) >= 11 is 3.55. The summed E-state index contributed by atoms with van der Waals surface area (Å²) in [7, 11) is 0. The van der Waals surface area contributed by atoms with Gasteiger partial charge in [0.15, 0.2) is 0 Å². The van der Waals surface area contributed by atoms with E-state index in [-0.39, 0.29) is 6.04 Å². The Labute approximate surface area is 110 Å². The molecule has 0 radical (unpaired) electrons. The average molecular weight is 294 g/mol. The topological polar surface area (TPSA) is 25.2 Å². The van der Waals surface area contributed by atoms with Crippen LogP contribution in [0.5, 0.6) is 0 Å². The van der Waals surface area contributed by atoms with Crippen molar-refractivity contribution in [2.45, 2.75) is 26.4 Å². The van der Waals surface area contributed by atoms with Gasteiger partial charge in [0.25, 0.3) is 0 Å². The third kappa shape index (κ3) is 3.20. The van der Waals surface area contributed by atoms with Crippen molar-refractivity contribution in [1.82, 2.24) is 5.32 Å². The molecule has 1 aromatic heterocycles. The molecule has 0 fully saturated rings. The molecule has 0 spiro atoms. The molecule has 1 atom stereocenters. The molecule has 1 heterocycles. The van der Waals surface area contributed by atoms with Crippen molar-refractivity contribution in [2.24, 2.45) is 0 Å². The predicted molar refractivity (Wildman–Crippen MR) is 72.8 cm³/mol. The molecule has 2 nitrogen and oxygen atoms in total. The quantitative estimate of drug-likeness (QED) is 0.914. The summed E-state index contributed by atoms with van der Waals surface area (Å²) in [6, 6.07) is 10.5. The summed E-state index contributed by atoms with van der Waals surface area (Å²) in [6.45, 7) is 5.02. The Morgan fingerprint density at radius 3 is 2.82 bits per heavy atom. The lowest BCUT2D eigenvalue weighted by Crippen LogP contribution is -2.17. The predicted octanol–water partition coefficient (Wildman–Crippen LogP) is 4.20. The lowest BCUT2D eigenvalue weighted by atomic mass is 10.1. The Balaban J connectivity index is 1.96. The van der Waals surface area contributed by atoms with E-state index in [1.807, 2.05) is 12.1 Å². The molecular weight excluding hydrogens is 278 g/mol. The van der Waals surface area contributed by atoms with Gasteiger partial charge < -0.3 is 9.73 Å². The van der Waals surface area contributed by atoms with Crippen molar-refractivity contribution in [1.29, 1.82) is 0 Å². The number of hydrogen-bond acceptors (Lipinski definition) is 2. The maximum Gasteiger partial charge on any atom is 0.120 e. The number of hydrogen-bond donors (Lipinski definition) is 1. The molecule has 0 aliphatic heterocycles. The van der Waals surface area contributed by atoms with Gasteiger partial charge in [-0.25, -0.2) is 0 Å². The molecular formula is C14H16BrNO. The molecule has 1 N–H and O–H groups in total. The smallest absolute Gasteiger partial charge is 0.120 e. The van der Waals surface area contributed by atoms with E-state index in [1.165, 1.54) is 11.1 Å². The highest BCUT2D eigenvalue weighted by atomic mass is 79.9. The van der Waals surface area contributed by atoms with Crippen LogP contribution in [0.25, 0.3) is 0 Å². The van der Waals surface area contributed by atoms with Crippen LogP contribution in [0.1, 0.15) is 29.9 Å². The molecule has 0 saturated heterocycles. The Hall–Kier alpha value is -1.06. The minimum atomic E-state index is 0.227. The second-order valence-electron chi connectivity index (χ2n) is 4.20. The molecule has 3 heteroatoms. The van der Waals surface area contributed by atoms with Crippen LogP contribution in [0.4, 0.5) is 0 Å². The third-order valence-corrected chi connectivity index (χ3v) is 3.67. The van der Waals surface area contributed by atoms with Crippen molar-refractivity contribution in [3.05, 3.63) is 58.0 Å². The first kappa shape index (κ1) is 12.4. The number of furan rings is 1. The van der Waals surface area contributed by atoms with Gasteiger partial charge in [-0.2, -0.15) is 0 Å². The second-order valence-corrected chi connectivity index (χ2v) is 5.06. The van der Waals surface area contributed by atoms with Crippen molar-refractivity contribution in [2.75, 3.05) is 0 Å². The number of rotatable bonds is 4. The van der Waals surface area contributed by atoms with E-state index in [2.05, 4.69) is 53.3 Å². The maximum atomic E-state index is 5.35. The van der Waals surface area contributed by atoms with Gasteiger partial charge in [0.05, 0.1) is 12.3 Å². The third-order valence-electron chi connectivity index (χ3n) is 2.82. The minimum absolute atomic E-state index is 0.227. The van der Waals surface area contributed by atoms with Gasteiger partial charge in [-0.15, -0.1) is 0 Å². The highest BCUT2D eigenvalue weighted by molar-refractivity contribution is 9.10. The Morgan fingerprint density at radius 1 is 1.35 bits per heavy atom. The zero-order chi connectivity index (χ0) is 12.3. The molecule has 0 bridgehead atoms. The van der Waals surface area contributed by atoms with Crippen LogP contribution >= 0.6 is 15.9 Å². The van der Waals surface area contributed by atoms with E-state index in [1.54, 1.807) is 6.26 Å². The fraction of sp³-hybridized carbons (Fsp3) is 0.286. The standard InChI is InChI=1S/C14H16BrNO/c1-10-5-6-12(8-13(10)15)9-16-11(2)14-4-3-7-17-14/h3-8,11,16H,9H2,1-2H3/t11-/m1/s1. The molecule has 0 unspecified atom stereocenters. The van der Waals surface area contributed by atoms with Crippen LogP contribution in [0.15, 0.2) is 45.5 Å². The van der Waals surface area contributed by atoms with Crippen molar-refractivity contribution in [3.63, 3.8) is 0 Å². The van der Waals surface area contributed by atoms with Crippen LogP contribution in [0, 0.1) is 6.92 Å². The number of halogens is 1. The van der Waals surface area contributed by atoms with Gasteiger partial charge in [0.2, 0.25) is 0 Å². The molecule has 0 amide bonds. The first-order valence-corrected chi connectivity index (χ1v) is 6.48. The molecule has 0 aliphatic rings. The zero-order valence-corrected chi connectivity index (χ0v) is 11.6. The van der Waals surface area contributed by atoms with Gasteiger partial charge >= 0.3 is 0 Å². The lowest BCUT2D eigenvalue weighted by Gasteiger charge is -2.11. The van der Waals surface area contributed by atoms with Gasteiger partial charge in [0, 0.05) is 11.0 Å². The number of aryl methyl sites for hydroxylation is 1. The second kappa shape index (κ2) is 5.52. The summed E-state index contributed by atoms with van der Waals surface area (Å²) in [6.07, 6.45) is 1.70. The zero-order valence-electron chi connectivity index (χ0n) is 10.0. The minimum Gasteiger partial charge on any atom is -0.468 e. The monoisotopic (exact) mass is 293 g/mol. The molecule has 2 rings (SSSR count). The number of nitrogens with one attached hydrogen (secondary N) is 1. The van der Waals surface area contributed by atoms with E-state index >= 15 is 0 Å². The van der Waals surface area contributed by atoms with E-state index in [4.69, 9.17) is 4.42 Å². The lowest BCUT2D eigenvalue weighted by molar-refractivity contribution is 0.430. The maximum absolute atomic E-state index is 5.35. The van der Waals surface area contributed by atoms with Crippen LogP contribution in [-0.4, -0.2) is 0 Å². The van der Waals surface area contributed by atoms with Crippen molar-refractivity contribution >= 4 is 15.9 Å². The summed E-state index contributed by atoms with van der Waals surface area (Å²) in [5.74, 6) is 0.969. The molecule has 0 aliphatic carbocycles. The van der Waals surface area contributed by atoms with Crippen LogP contribution < -0.4 is 5.32 Å². The van der Waals surface area contributed by atoms with Crippen molar-refractivity contribution < 1.29 is 4.42 Å². The molecule has 90 valence electrons. The fourth-order valence-electron chi connectivity index (χ4n) is 1.66. The summed E-state index contributed by atoms with van der Waals surface area (Å²) < 4.78 is 6.51. The molecule has 2 aromatic rings. The van der Waals surface area contributed by atoms with E-state index in [9.17, 15) is 0 Å². The summed E-state index contributed by atoms with van der Waals surface area (Å²) in [4.78, 5) is 0. The summed E-state index contributed by atoms with van der Waals surface area (Å²) in [5.41, 5.74) is 2.52. The fourth-order valence-corrected chi connectivity index (χ4v) is 2.08. The van der Waals surface area contributed by atoms with Crippen LogP contribution in [0.2, 0.25) is 0 Å². The Kier molecular flexibility index (Phi) is 4.02. The average Bonchev–Trinajstić information content (AvgIpc) is 2.84. The number of benzene rings is 1. The van der Waals surface area contributed by atoms with Gasteiger partial charge in [0.1, 0.15) is 5.76 Å². The first-order chi connectivity index (χ1) is 8.16. The van der Waals surface area contributed by atoms with Gasteiger partial charge in [-0.1, -0.05) is 28.1 Å². The van der Waals surface area contributed by atoms with E-state index in [0.29, 0.717) is 0 Å². The Bertz CT molecular complexity index is 479. The molecule has 1 aromatic carbocycles. The highest BCUT2D eigenvalue weighted by Crippen LogP contribution is 2.18. The van der Waals surface area contributed by atoms with E-state index < -0.39 is 0 Å². The van der Waals surface area contributed by atoms with Gasteiger partial charge in [-0.3, -0.25) is 0 Å². The van der Waals surface area contributed by atoms with Crippen LogP contribution in [0.3, 0.4) is 0 Å². The SMILES string of the molecule is Cc1ccc(CN[C@H](C)c2ccco2)cc1Br. The van der Waals surface area contributed by atoms with Gasteiger partial charge in [-0.05, 0) is 43.2 Å². The molecule has 0 saturated carbocycles. The van der Waals surface area contributed by atoms with Crippen LogP contribution in [-0.2, 0) is 6.54 Å². The molecule has 17 heavy (non-hydrogen) atoms. The van der Waals surface area contributed by atoms with E-state index in [0.717, 1.165) is 16.8 Å². The highest BCUT2D eigenvalue weighted by Gasteiger charge is 2.07. The Morgan fingerprint density at radius 2 is 2.18 bits per heavy atom. The largest absolute Gasteiger partial charge is 0.468 e. The normalized spacial score (nSPS) is 12.6.